The van der Waals surface area contributed by atoms with Gasteiger partial charge in [-0.1, -0.05) is 23.2 Å². The number of hydrogen-bond acceptors (Lipinski definition) is 3. The number of carbonyl (C=O) groups excluding carboxylic acids is 1. The molecule has 1 aromatic heterocycles. The highest BCUT2D eigenvalue weighted by Crippen LogP contribution is 2.26. The van der Waals surface area contributed by atoms with Gasteiger partial charge in [0.1, 0.15) is 11.0 Å². The first-order valence-corrected chi connectivity index (χ1v) is 10.2. The Morgan fingerprint density at radius 3 is 2.64 bits per heavy atom. The lowest BCUT2D eigenvalue weighted by molar-refractivity contribution is -0.116. The summed E-state index contributed by atoms with van der Waals surface area (Å²) in [5.41, 5.74) is 2.60. The number of nitrogens with zero attached hydrogens (tertiary/aromatic N) is 3. The van der Waals surface area contributed by atoms with Gasteiger partial charge < -0.3 is 5.32 Å². The molecule has 5 nitrogen and oxygen atoms in total. The molecule has 1 aromatic carbocycles. The van der Waals surface area contributed by atoms with E-state index in [1.165, 1.54) is 18.2 Å². The van der Waals surface area contributed by atoms with Crippen LogP contribution in [0.4, 0.5) is 10.1 Å². The number of aryl methyl sites for hydroxylation is 2. The molecule has 28 heavy (non-hydrogen) atoms. The molecule has 0 unspecified atom stereocenters. The first-order valence-electron chi connectivity index (χ1n) is 9.48. The standard InChI is InChI=1S/C20H25Cl2FN4O/c1-13-16(20(22)26(2)25-13)12-27-9-7-14(8-10-27)3-6-19(28)24-15-4-5-18(23)17(21)11-15/h4-5,11,14H,3,6-10,12H2,1-2H3,(H,24,28). The van der Waals surface area contributed by atoms with Crippen LogP contribution in [0.2, 0.25) is 10.2 Å². The van der Waals surface area contributed by atoms with Crippen molar-refractivity contribution >= 4 is 34.8 Å². The summed E-state index contributed by atoms with van der Waals surface area (Å²) in [5.74, 6) is -0.0265. The van der Waals surface area contributed by atoms with Crippen LogP contribution in [-0.2, 0) is 18.4 Å². The number of likely N-dealkylation sites (tertiary alicyclic amines) is 1. The molecule has 0 bridgehead atoms. The van der Waals surface area contributed by atoms with E-state index in [0.29, 0.717) is 23.2 Å². The number of nitrogens with one attached hydrogen (secondary N) is 1. The minimum atomic E-state index is -0.491. The minimum Gasteiger partial charge on any atom is -0.326 e. The van der Waals surface area contributed by atoms with Gasteiger partial charge >= 0.3 is 0 Å². The third kappa shape index (κ3) is 5.25. The molecule has 0 radical (unpaired) electrons. The average molecular weight is 427 g/mol. The SMILES string of the molecule is Cc1nn(C)c(Cl)c1CN1CCC(CCC(=O)Nc2ccc(F)c(Cl)c2)CC1. The van der Waals surface area contributed by atoms with Crippen LogP contribution < -0.4 is 5.32 Å². The van der Waals surface area contributed by atoms with E-state index in [9.17, 15) is 9.18 Å². The highest BCUT2D eigenvalue weighted by Gasteiger charge is 2.22. The summed E-state index contributed by atoms with van der Waals surface area (Å²) in [6, 6.07) is 4.20. The number of amides is 1. The normalized spacial score (nSPS) is 15.8. The molecule has 1 aliphatic heterocycles. The molecule has 152 valence electrons. The van der Waals surface area contributed by atoms with Gasteiger partial charge in [-0.25, -0.2) is 4.39 Å². The fourth-order valence-electron chi connectivity index (χ4n) is 3.64. The van der Waals surface area contributed by atoms with Gasteiger partial charge in [0, 0.05) is 31.3 Å². The zero-order chi connectivity index (χ0) is 20.3. The van der Waals surface area contributed by atoms with E-state index >= 15 is 0 Å². The third-order valence-electron chi connectivity index (χ3n) is 5.34. The van der Waals surface area contributed by atoms with Crippen molar-refractivity contribution in [2.45, 2.75) is 39.2 Å². The number of anilines is 1. The van der Waals surface area contributed by atoms with E-state index in [2.05, 4.69) is 15.3 Å². The Labute approximate surface area is 174 Å². The molecular formula is C20H25Cl2FN4O. The number of hydrogen-bond donors (Lipinski definition) is 1. The van der Waals surface area contributed by atoms with Crippen LogP contribution in [0.25, 0.3) is 0 Å². The topological polar surface area (TPSA) is 50.2 Å². The van der Waals surface area contributed by atoms with Crippen molar-refractivity contribution in [2.24, 2.45) is 13.0 Å². The van der Waals surface area contributed by atoms with E-state index in [4.69, 9.17) is 23.2 Å². The molecular weight excluding hydrogens is 402 g/mol. The molecule has 1 fully saturated rings. The van der Waals surface area contributed by atoms with Gasteiger partial charge in [0.2, 0.25) is 5.91 Å². The fourth-order valence-corrected chi connectivity index (χ4v) is 4.06. The Morgan fingerprint density at radius 1 is 1.32 bits per heavy atom. The van der Waals surface area contributed by atoms with Gasteiger partial charge in [-0.2, -0.15) is 5.10 Å². The zero-order valence-corrected chi connectivity index (χ0v) is 17.7. The van der Waals surface area contributed by atoms with Crippen molar-refractivity contribution in [3.8, 4) is 0 Å². The van der Waals surface area contributed by atoms with Gasteiger partial charge in [0.25, 0.3) is 0 Å². The summed E-state index contributed by atoms with van der Waals surface area (Å²) in [4.78, 5) is 14.5. The van der Waals surface area contributed by atoms with E-state index in [1.807, 2.05) is 14.0 Å². The number of halogens is 3. The van der Waals surface area contributed by atoms with Crippen molar-refractivity contribution in [2.75, 3.05) is 18.4 Å². The molecule has 3 rings (SSSR count). The molecule has 1 saturated heterocycles. The van der Waals surface area contributed by atoms with Crippen LogP contribution in [0.1, 0.15) is 36.9 Å². The lowest BCUT2D eigenvalue weighted by Gasteiger charge is -2.31. The Morgan fingerprint density at radius 2 is 2.04 bits per heavy atom. The Bertz CT molecular complexity index is 847. The molecule has 0 saturated carbocycles. The minimum absolute atomic E-state index is 0.00845. The van der Waals surface area contributed by atoms with Gasteiger partial charge in [0.05, 0.1) is 10.7 Å². The molecule has 0 atom stereocenters. The maximum Gasteiger partial charge on any atom is 0.224 e. The second-order valence-corrected chi connectivity index (χ2v) is 8.18. The number of benzene rings is 1. The van der Waals surface area contributed by atoms with E-state index < -0.39 is 5.82 Å². The van der Waals surface area contributed by atoms with Gasteiger partial charge in [-0.15, -0.1) is 0 Å². The largest absolute Gasteiger partial charge is 0.326 e. The molecule has 8 heteroatoms. The monoisotopic (exact) mass is 426 g/mol. The van der Waals surface area contributed by atoms with Crippen LogP contribution in [0, 0.1) is 18.7 Å². The Kier molecular flexibility index (Phi) is 6.96. The predicted octanol–water partition coefficient (Wildman–Crippen LogP) is 4.81. The molecule has 0 aliphatic carbocycles. The molecule has 2 aromatic rings. The van der Waals surface area contributed by atoms with Crippen LogP contribution in [0.15, 0.2) is 18.2 Å². The number of carbonyl (C=O) groups is 1. The van der Waals surface area contributed by atoms with Crippen LogP contribution in [0.3, 0.4) is 0 Å². The van der Waals surface area contributed by atoms with Crippen molar-refractivity contribution < 1.29 is 9.18 Å². The van der Waals surface area contributed by atoms with Crippen molar-refractivity contribution in [1.29, 1.82) is 0 Å². The quantitative estimate of drug-likeness (QED) is 0.720. The summed E-state index contributed by atoms with van der Waals surface area (Å²) >= 11 is 12.1. The molecule has 1 amide bonds. The summed E-state index contributed by atoms with van der Waals surface area (Å²) < 4.78 is 14.9. The van der Waals surface area contributed by atoms with E-state index in [0.717, 1.165) is 50.2 Å². The summed E-state index contributed by atoms with van der Waals surface area (Å²) in [6.45, 7) is 4.78. The molecule has 2 heterocycles. The maximum absolute atomic E-state index is 13.2. The number of aromatic nitrogens is 2. The first-order chi connectivity index (χ1) is 13.3. The smallest absolute Gasteiger partial charge is 0.224 e. The summed E-state index contributed by atoms with van der Waals surface area (Å²) in [7, 11) is 1.86. The van der Waals surface area contributed by atoms with Crippen molar-refractivity contribution in [3.63, 3.8) is 0 Å². The highest BCUT2D eigenvalue weighted by atomic mass is 35.5. The van der Waals surface area contributed by atoms with Gasteiger partial charge in [-0.3, -0.25) is 14.4 Å². The van der Waals surface area contributed by atoms with Crippen LogP contribution in [0.5, 0.6) is 0 Å². The maximum atomic E-state index is 13.2. The lowest BCUT2D eigenvalue weighted by atomic mass is 9.92. The Balaban J connectivity index is 1.41. The first kappa shape index (κ1) is 21.1. The molecule has 1 N–H and O–H groups in total. The molecule has 1 aliphatic rings. The van der Waals surface area contributed by atoms with Crippen molar-refractivity contribution in [3.05, 3.63) is 45.4 Å². The molecule has 0 spiro atoms. The zero-order valence-electron chi connectivity index (χ0n) is 16.1. The van der Waals surface area contributed by atoms with Gasteiger partial charge in [0.15, 0.2) is 0 Å². The fraction of sp³-hybridized carbons (Fsp3) is 0.500. The average Bonchev–Trinajstić information content (AvgIpc) is 2.90. The lowest BCUT2D eigenvalue weighted by Crippen LogP contribution is -2.33. The van der Waals surface area contributed by atoms with Crippen LogP contribution >= 0.6 is 23.2 Å². The summed E-state index contributed by atoms with van der Waals surface area (Å²) in [5, 5.41) is 7.86. The highest BCUT2D eigenvalue weighted by molar-refractivity contribution is 6.31. The number of rotatable bonds is 6. The third-order valence-corrected chi connectivity index (χ3v) is 6.10. The summed E-state index contributed by atoms with van der Waals surface area (Å²) in [6.07, 6.45) is 3.42. The van der Waals surface area contributed by atoms with Crippen LogP contribution in [-0.4, -0.2) is 33.7 Å². The van der Waals surface area contributed by atoms with E-state index in [-0.39, 0.29) is 10.9 Å². The van der Waals surface area contributed by atoms with E-state index in [1.54, 1.807) is 4.68 Å². The second kappa shape index (κ2) is 9.25. The van der Waals surface area contributed by atoms with Crippen molar-refractivity contribution in [1.82, 2.24) is 14.7 Å². The van der Waals surface area contributed by atoms with Gasteiger partial charge in [-0.05, 0) is 63.4 Å². The Hall–Kier alpha value is -1.63. The number of piperidine rings is 1. The second-order valence-electron chi connectivity index (χ2n) is 7.41. The predicted molar refractivity (Wildman–Crippen MR) is 110 cm³/mol.